The highest BCUT2D eigenvalue weighted by Crippen LogP contribution is 2.35. The molecule has 3 aromatic rings. The molecule has 26 heavy (non-hydrogen) atoms. The number of likely N-dealkylation sites (N-methyl/N-ethyl adjacent to an activating group) is 1. The Labute approximate surface area is 155 Å². The van der Waals surface area contributed by atoms with E-state index in [0.717, 1.165) is 17.7 Å². The molecule has 3 rings (SSSR count). The van der Waals surface area contributed by atoms with Crippen molar-refractivity contribution in [2.45, 2.75) is 24.9 Å². The number of fused-ring (bicyclic) bond motifs is 1. The summed E-state index contributed by atoms with van der Waals surface area (Å²) in [6.07, 6.45) is -3.63. The van der Waals surface area contributed by atoms with Gasteiger partial charge >= 0.3 is 6.18 Å². The third-order valence-electron chi connectivity index (χ3n) is 4.60. The number of hydrogen-bond donors (Lipinski definition) is 2. The van der Waals surface area contributed by atoms with Crippen LogP contribution in [0.15, 0.2) is 60.8 Å². The molecule has 2 atom stereocenters. The first-order valence-corrected chi connectivity index (χ1v) is 7.92. The minimum absolute atomic E-state index is 0. The summed E-state index contributed by atoms with van der Waals surface area (Å²) in [6, 6.07) is 14.6. The van der Waals surface area contributed by atoms with Crippen LogP contribution in [0, 0.1) is 0 Å². The van der Waals surface area contributed by atoms with Crippen molar-refractivity contribution >= 4 is 23.3 Å². The molecule has 0 fully saturated rings. The number of aliphatic hydroxyl groups excluding tert-OH is 1. The Hall–Kier alpha value is -2.02. The summed E-state index contributed by atoms with van der Waals surface area (Å²) >= 11 is 0. The zero-order valence-electron chi connectivity index (χ0n) is 14.3. The second-order valence-corrected chi connectivity index (χ2v) is 6.02. The van der Waals surface area contributed by atoms with Gasteiger partial charge in [-0.05, 0) is 43.1 Å². The Morgan fingerprint density at radius 3 is 2.19 bits per heavy atom. The van der Waals surface area contributed by atoms with Gasteiger partial charge in [0.25, 0.3) is 0 Å². The Kier molecular flexibility index (Phi) is 5.70. The topological polar surface area (TPSA) is 37.2 Å². The molecule has 7 heteroatoms. The van der Waals surface area contributed by atoms with Crippen LogP contribution >= 0.6 is 12.4 Å². The normalized spacial score (nSPS) is 15.3. The number of halogens is 4. The summed E-state index contributed by atoms with van der Waals surface area (Å²) < 4.78 is 41.1. The minimum Gasteiger partial charge on any atom is -0.389 e. The van der Waals surface area contributed by atoms with Crippen molar-refractivity contribution in [2.24, 2.45) is 0 Å². The minimum atomic E-state index is -4.43. The van der Waals surface area contributed by atoms with Gasteiger partial charge in [0.2, 0.25) is 0 Å². The maximum absolute atomic E-state index is 13.1. The third-order valence-corrected chi connectivity index (χ3v) is 4.60. The van der Waals surface area contributed by atoms with E-state index in [2.05, 4.69) is 5.32 Å². The molecule has 0 saturated carbocycles. The largest absolute Gasteiger partial charge is 0.416 e. The Bertz CT molecular complexity index is 877. The Balaban J connectivity index is 0.00000243. The average molecular weight is 385 g/mol. The number of benzene rings is 2. The first kappa shape index (κ1) is 20.3. The highest BCUT2D eigenvalue weighted by molar-refractivity contribution is 5.85. The first-order valence-electron chi connectivity index (χ1n) is 7.92. The van der Waals surface area contributed by atoms with E-state index in [1.54, 1.807) is 30.8 Å². The van der Waals surface area contributed by atoms with Gasteiger partial charge in [-0.3, -0.25) is 5.32 Å². The van der Waals surface area contributed by atoms with Crippen molar-refractivity contribution in [1.82, 2.24) is 9.88 Å². The maximum atomic E-state index is 13.1. The van der Waals surface area contributed by atoms with E-state index < -0.39 is 23.5 Å². The van der Waals surface area contributed by atoms with Gasteiger partial charge in [0.1, 0.15) is 5.66 Å². The summed E-state index contributed by atoms with van der Waals surface area (Å²) in [4.78, 5) is 0. The van der Waals surface area contributed by atoms with Crippen LogP contribution in [0.1, 0.15) is 18.1 Å². The van der Waals surface area contributed by atoms with Crippen molar-refractivity contribution in [3.05, 3.63) is 71.9 Å². The predicted molar refractivity (Wildman–Crippen MR) is 98.4 cm³/mol. The van der Waals surface area contributed by atoms with Crippen LogP contribution in [0.3, 0.4) is 0 Å². The molecule has 3 nitrogen and oxygen atoms in total. The molecule has 2 unspecified atom stereocenters. The molecular weight excluding hydrogens is 365 g/mol. The summed E-state index contributed by atoms with van der Waals surface area (Å²) in [5, 5.41) is 14.4. The van der Waals surface area contributed by atoms with Gasteiger partial charge in [0.15, 0.2) is 0 Å². The quantitative estimate of drug-likeness (QED) is 0.700. The van der Waals surface area contributed by atoms with Crippen LogP contribution in [-0.4, -0.2) is 22.8 Å². The molecular formula is C19H20ClF3N2O. The van der Waals surface area contributed by atoms with Crippen LogP contribution in [0.25, 0.3) is 10.9 Å². The second kappa shape index (κ2) is 7.31. The molecule has 1 heterocycles. The van der Waals surface area contributed by atoms with Crippen molar-refractivity contribution in [1.29, 1.82) is 0 Å². The highest BCUT2D eigenvalue weighted by atomic mass is 35.5. The van der Waals surface area contributed by atoms with E-state index in [1.165, 1.54) is 6.07 Å². The highest BCUT2D eigenvalue weighted by Gasteiger charge is 2.39. The number of aliphatic hydroxyl groups is 1. The molecule has 140 valence electrons. The molecule has 0 saturated heterocycles. The summed E-state index contributed by atoms with van der Waals surface area (Å²) in [6.45, 7) is 1.61. The lowest BCUT2D eigenvalue weighted by Crippen LogP contribution is -2.54. The fraction of sp³-hybridized carbons (Fsp3) is 0.263. The van der Waals surface area contributed by atoms with E-state index >= 15 is 0 Å². The van der Waals surface area contributed by atoms with Crippen molar-refractivity contribution in [2.75, 3.05) is 7.05 Å². The molecule has 0 aliphatic heterocycles. The fourth-order valence-corrected chi connectivity index (χ4v) is 3.36. The number of rotatable bonds is 4. The molecule has 2 aromatic carbocycles. The van der Waals surface area contributed by atoms with E-state index in [1.807, 2.05) is 30.3 Å². The van der Waals surface area contributed by atoms with Crippen LogP contribution in [0.5, 0.6) is 0 Å². The van der Waals surface area contributed by atoms with Gasteiger partial charge in [0, 0.05) is 6.20 Å². The van der Waals surface area contributed by atoms with Crippen molar-refractivity contribution < 1.29 is 18.3 Å². The van der Waals surface area contributed by atoms with E-state index in [9.17, 15) is 18.3 Å². The molecule has 0 bridgehead atoms. The smallest absolute Gasteiger partial charge is 0.389 e. The molecule has 0 amide bonds. The van der Waals surface area contributed by atoms with Crippen LogP contribution < -0.4 is 5.32 Å². The number of alkyl halides is 3. The average Bonchev–Trinajstić information content (AvgIpc) is 3.00. The van der Waals surface area contributed by atoms with Gasteiger partial charge < -0.3 is 9.67 Å². The Morgan fingerprint density at radius 1 is 1.00 bits per heavy atom. The zero-order valence-corrected chi connectivity index (χ0v) is 15.1. The van der Waals surface area contributed by atoms with E-state index in [-0.39, 0.29) is 12.4 Å². The standard InChI is InChI=1S/C19H19F3N2O.ClH/c1-13(25)18(23-2,15-6-4-3-5-7-15)24-11-10-14-8-9-16(12-17(14)24)19(20,21)22;/h3-13,23,25H,1-2H3;1H. The molecule has 1 aromatic heterocycles. The zero-order chi connectivity index (χ0) is 18.2. The number of nitrogens with zero attached hydrogens (tertiary/aromatic N) is 1. The van der Waals surface area contributed by atoms with E-state index in [0.29, 0.717) is 10.9 Å². The molecule has 0 radical (unpaired) electrons. The van der Waals surface area contributed by atoms with Gasteiger partial charge in [-0.15, -0.1) is 12.4 Å². The van der Waals surface area contributed by atoms with Gasteiger partial charge in [-0.1, -0.05) is 36.4 Å². The van der Waals surface area contributed by atoms with Crippen LogP contribution in [0.4, 0.5) is 13.2 Å². The second-order valence-electron chi connectivity index (χ2n) is 6.02. The van der Waals surface area contributed by atoms with Crippen molar-refractivity contribution in [3.8, 4) is 0 Å². The molecule has 0 spiro atoms. The number of nitrogens with one attached hydrogen (secondary N) is 1. The Morgan fingerprint density at radius 2 is 1.65 bits per heavy atom. The number of aromatic nitrogens is 1. The lowest BCUT2D eigenvalue weighted by molar-refractivity contribution is -0.137. The predicted octanol–water partition coefficient (Wildman–Crippen LogP) is 4.38. The van der Waals surface area contributed by atoms with Gasteiger partial charge in [-0.2, -0.15) is 13.2 Å². The third kappa shape index (κ3) is 3.20. The fourth-order valence-electron chi connectivity index (χ4n) is 3.36. The lowest BCUT2D eigenvalue weighted by atomic mass is 9.93. The molecule has 0 aliphatic carbocycles. The van der Waals surface area contributed by atoms with Crippen molar-refractivity contribution in [3.63, 3.8) is 0 Å². The van der Waals surface area contributed by atoms with E-state index in [4.69, 9.17) is 0 Å². The first-order chi connectivity index (χ1) is 11.8. The molecule has 2 N–H and O–H groups in total. The SMILES string of the molecule is CNC(c1ccccc1)(C(C)O)n1ccc2ccc(C(F)(F)F)cc21.Cl. The summed E-state index contributed by atoms with van der Waals surface area (Å²) in [5.41, 5.74) is -0.660. The summed E-state index contributed by atoms with van der Waals surface area (Å²) in [5.74, 6) is 0. The molecule has 0 aliphatic rings. The van der Waals surface area contributed by atoms with Crippen LogP contribution in [0.2, 0.25) is 0 Å². The summed E-state index contributed by atoms with van der Waals surface area (Å²) in [7, 11) is 1.68. The lowest BCUT2D eigenvalue weighted by Gasteiger charge is -2.39. The van der Waals surface area contributed by atoms with Crippen LogP contribution in [-0.2, 0) is 11.8 Å². The maximum Gasteiger partial charge on any atom is 0.416 e. The van der Waals surface area contributed by atoms with Gasteiger partial charge in [0.05, 0.1) is 17.2 Å². The van der Waals surface area contributed by atoms with Gasteiger partial charge in [-0.25, -0.2) is 0 Å². The monoisotopic (exact) mass is 384 g/mol. The number of hydrogen-bond acceptors (Lipinski definition) is 2.